The summed E-state index contributed by atoms with van der Waals surface area (Å²) in [6, 6.07) is 13.0. The van der Waals surface area contributed by atoms with Gasteiger partial charge in [0.1, 0.15) is 5.75 Å². The second kappa shape index (κ2) is 10.0. The maximum atomic E-state index is 12.8. The molecule has 2 heterocycles. The fourth-order valence-electron chi connectivity index (χ4n) is 3.89. The molecule has 1 aliphatic heterocycles. The van der Waals surface area contributed by atoms with Crippen molar-refractivity contribution < 1.29 is 27.5 Å². The van der Waals surface area contributed by atoms with Gasteiger partial charge in [-0.1, -0.05) is 0 Å². The number of esters is 1. The van der Waals surface area contributed by atoms with Gasteiger partial charge in [-0.3, -0.25) is 9.78 Å². The van der Waals surface area contributed by atoms with E-state index in [9.17, 15) is 18.0 Å². The van der Waals surface area contributed by atoms with Gasteiger partial charge in [0.05, 0.1) is 28.8 Å². The van der Waals surface area contributed by atoms with Crippen molar-refractivity contribution in [1.82, 2.24) is 9.29 Å². The van der Waals surface area contributed by atoms with Crippen LogP contribution in [0, 0.1) is 6.92 Å². The molecule has 0 radical (unpaired) electrons. The fourth-order valence-corrected chi connectivity index (χ4v) is 5.41. The highest BCUT2D eigenvalue weighted by Crippen LogP contribution is 2.24. The van der Waals surface area contributed by atoms with Crippen molar-refractivity contribution in [1.29, 1.82) is 0 Å². The number of methoxy groups -OCH3 is 1. The van der Waals surface area contributed by atoms with Crippen molar-refractivity contribution in [2.45, 2.75) is 37.7 Å². The number of carbonyl (C=O) groups is 2. The SMILES string of the molecule is COc1ccc2nc(C)c(C(=O)OC(C)C(=O)Nc3ccc(S(=O)(=O)N4CCCC4)cc3)cc2c1. The molecule has 0 bridgehead atoms. The summed E-state index contributed by atoms with van der Waals surface area (Å²) in [7, 11) is -1.98. The molecule has 1 atom stereocenters. The number of rotatable bonds is 7. The minimum Gasteiger partial charge on any atom is -0.497 e. The normalized spacial score (nSPS) is 15.1. The van der Waals surface area contributed by atoms with E-state index in [0.717, 1.165) is 12.8 Å². The van der Waals surface area contributed by atoms with E-state index in [0.29, 0.717) is 41.1 Å². The van der Waals surface area contributed by atoms with Gasteiger partial charge < -0.3 is 14.8 Å². The van der Waals surface area contributed by atoms with Crippen LogP contribution in [0.1, 0.15) is 35.8 Å². The zero-order chi connectivity index (χ0) is 25.2. The van der Waals surface area contributed by atoms with Crippen molar-refractivity contribution >= 4 is 38.5 Å². The van der Waals surface area contributed by atoms with Gasteiger partial charge in [0.25, 0.3) is 5.91 Å². The smallest absolute Gasteiger partial charge is 0.340 e. The molecule has 1 amide bonds. The molecule has 1 unspecified atom stereocenters. The Balaban J connectivity index is 1.42. The average molecular weight is 498 g/mol. The number of hydrogen-bond acceptors (Lipinski definition) is 7. The minimum absolute atomic E-state index is 0.174. The van der Waals surface area contributed by atoms with Crippen LogP contribution in [-0.4, -0.2) is 55.9 Å². The van der Waals surface area contributed by atoms with Crippen LogP contribution in [0.3, 0.4) is 0 Å². The number of carbonyl (C=O) groups excluding carboxylic acids is 2. The molecule has 9 nitrogen and oxygen atoms in total. The highest BCUT2D eigenvalue weighted by atomic mass is 32.2. The van der Waals surface area contributed by atoms with Gasteiger partial charge in [-0.05, 0) is 75.2 Å². The third kappa shape index (κ3) is 5.28. The molecule has 35 heavy (non-hydrogen) atoms. The first-order valence-corrected chi connectivity index (χ1v) is 12.7. The third-order valence-corrected chi connectivity index (χ3v) is 7.82. The summed E-state index contributed by atoms with van der Waals surface area (Å²) >= 11 is 0. The van der Waals surface area contributed by atoms with Crippen molar-refractivity contribution in [3.05, 3.63) is 59.8 Å². The summed E-state index contributed by atoms with van der Waals surface area (Å²) < 4.78 is 37.4. The van der Waals surface area contributed by atoms with Crippen LogP contribution in [0.25, 0.3) is 10.9 Å². The lowest BCUT2D eigenvalue weighted by atomic mass is 10.1. The lowest BCUT2D eigenvalue weighted by Gasteiger charge is -2.16. The molecule has 3 aromatic rings. The molecular formula is C25H27N3O6S. The van der Waals surface area contributed by atoms with E-state index in [2.05, 4.69) is 10.3 Å². The van der Waals surface area contributed by atoms with E-state index >= 15 is 0 Å². The number of sulfonamides is 1. The number of hydrogen-bond donors (Lipinski definition) is 1. The lowest BCUT2D eigenvalue weighted by Crippen LogP contribution is -2.30. The molecule has 0 spiro atoms. The van der Waals surface area contributed by atoms with Crippen LogP contribution >= 0.6 is 0 Å². The van der Waals surface area contributed by atoms with E-state index in [4.69, 9.17) is 9.47 Å². The Hall–Kier alpha value is -3.50. The van der Waals surface area contributed by atoms with Gasteiger partial charge in [-0.15, -0.1) is 0 Å². The molecule has 1 N–H and O–H groups in total. The highest BCUT2D eigenvalue weighted by Gasteiger charge is 2.27. The van der Waals surface area contributed by atoms with Gasteiger partial charge >= 0.3 is 5.97 Å². The van der Waals surface area contributed by atoms with E-state index in [1.807, 2.05) is 0 Å². The Labute approximate surface area is 204 Å². The van der Waals surface area contributed by atoms with Gasteiger partial charge in [0.15, 0.2) is 6.10 Å². The molecule has 1 fully saturated rings. The van der Waals surface area contributed by atoms with Crippen LogP contribution < -0.4 is 10.1 Å². The summed E-state index contributed by atoms with van der Waals surface area (Å²) in [5.41, 5.74) is 1.84. The van der Waals surface area contributed by atoms with Crippen molar-refractivity contribution in [3.8, 4) is 5.75 Å². The predicted octanol–water partition coefficient (Wildman–Crippen LogP) is 3.52. The summed E-state index contributed by atoms with van der Waals surface area (Å²) in [6.45, 7) is 4.20. The first-order valence-electron chi connectivity index (χ1n) is 11.3. The van der Waals surface area contributed by atoms with E-state index in [-0.39, 0.29) is 10.5 Å². The molecule has 0 aliphatic carbocycles. The van der Waals surface area contributed by atoms with E-state index < -0.39 is 28.0 Å². The van der Waals surface area contributed by atoms with Crippen molar-refractivity contribution in [3.63, 3.8) is 0 Å². The molecule has 1 aliphatic rings. The van der Waals surface area contributed by atoms with Crippen molar-refractivity contribution in [2.75, 3.05) is 25.5 Å². The van der Waals surface area contributed by atoms with Crippen LogP contribution in [0.5, 0.6) is 5.75 Å². The maximum Gasteiger partial charge on any atom is 0.340 e. The Morgan fingerprint density at radius 1 is 1.06 bits per heavy atom. The van der Waals surface area contributed by atoms with E-state index in [1.165, 1.54) is 35.5 Å². The highest BCUT2D eigenvalue weighted by molar-refractivity contribution is 7.89. The quantitative estimate of drug-likeness (QED) is 0.497. The number of anilines is 1. The molecule has 2 aromatic carbocycles. The molecular weight excluding hydrogens is 470 g/mol. The monoisotopic (exact) mass is 497 g/mol. The summed E-state index contributed by atoms with van der Waals surface area (Å²) in [5, 5.41) is 3.36. The van der Waals surface area contributed by atoms with E-state index in [1.54, 1.807) is 38.3 Å². The van der Waals surface area contributed by atoms with Crippen LogP contribution in [0.2, 0.25) is 0 Å². The lowest BCUT2D eigenvalue weighted by molar-refractivity contribution is -0.123. The van der Waals surface area contributed by atoms with Gasteiger partial charge in [0, 0.05) is 24.2 Å². The van der Waals surface area contributed by atoms with Crippen LogP contribution in [-0.2, 0) is 19.6 Å². The zero-order valence-corrected chi connectivity index (χ0v) is 20.6. The molecule has 10 heteroatoms. The molecule has 1 saturated heterocycles. The summed E-state index contributed by atoms with van der Waals surface area (Å²) in [4.78, 5) is 30.0. The number of amides is 1. The number of pyridine rings is 1. The summed E-state index contributed by atoms with van der Waals surface area (Å²) in [5.74, 6) is -0.578. The van der Waals surface area contributed by atoms with Gasteiger partial charge in [-0.2, -0.15) is 4.31 Å². The minimum atomic E-state index is -3.53. The van der Waals surface area contributed by atoms with Crippen molar-refractivity contribution in [2.24, 2.45) is 0 Å². The van der Waals surface area contributed by atoms with Gasteiger partial charge in [0.2, 0.25) is 10.0 Å². The Bertz CT molecular complexity index is 1370. The van der Waals surface area contributed by atoms with Crippen LogP contribution in [0.4, 0.5) is 5.69 Å². The summed E-state index contributed by atoms with van der Waals surface area (Å²) in [6.07, 6.45) is 0.621. The third-order valence-electron chi connectivity index (χ3n) is 5.91. The maximum absolute atomic E-state index is 12.8. The first kappa shape index (κ1) is 24.6. The number of fused-ring (bicyclic) bond motifs is 1. The topological polar surface area (TPSA) is 115 Å². The number of aryl methyl sites for hydroxylation is 1. The molecule has 4 rings (SSSR count). The van der Waals surface area contributed by atoms with Crippen LogP contribution in [0.15, 0.2) is 53.4 Å². The Morgan fingerprint density at radius 2 is 1.74 bits per heavy atom. The Kier molecular flexibility index (Phi) is 7.04. The molecule has 0 saturated carbocycles. The Morgan fingerprint density at radius 3 is 2.40 bits per heavy atom. The van der Waals surface area contributed by atoms with Gasteiger partial charge in [-0.25, -0.2) is 13.2 Å². The predicted molar refractivity (Wildman–Crippen MR) is 131 cm³/mol. The molecule has 1 aromatic heterocycles. The number of aromatic nitrogens is 1. The number of ether oxygens (including phenoxy) is 2. The largest absolute Gasteiger partial charge is 0.497 e. The first-order chi connectivity index (χ1) is 16.7. The second-order valence-electron chi connectivity index (χ2n) is 8.35. The second-order valence-corrected chi connectivity index (χ2v) is 10.3. The molecule has 184 valence electrons. The average Bonchev–Trinajstić information content (AvgIpc) is 3.39. The number of nitrogens with zero attached hydrogens (tertiary/aromatic N) is 2. The number of nitrogens with one attached hydrogen (secondary N) is 1. The number of benzene rings is 2. The fraction of sp³-hybridized carbons (Fsp3) is 0.320. The zero-order valence-electron chi connectivity index (χ0n) is 19.8. The standard InChI is InChI=1S/C25H27N3O6S/c1-16-22(15-18-14-20(33-3)8-11-23(18)26-16)25(30)34-17(2)24(29)27-19-6-9-21(10-7-19)35(31,32)28-12-4-5-13-28/h6-11,14-15,17H,4-5,12-13H2,1-3H3,(H,27,29).